The van der Waals surface area contributed by atoms with Crippen LogP contribution in [0.3, 0.4) is 0 Å². The van der Waals surface area contributed by atoms with Crippen molar-refractivity contribution in [3.63, 3.8) is 0 Å². The van der Waals surface area contributed by atoms with Crippen LogP contribution in [0.25, 0.3) is 0 Å². The third kappa shape index (κ3) is 2.67. The highest BCUT2D eigenvalue weighted by atomic mass is 32.1. The van der Waals surface area contributed by atoms with E-state index in [1.165, 1.54) is 18.2 Å². The smallest absolute Gasteiger partial charge is 0.293 e. The van der Waals surface area contributed by atoms with E-state index in [1.807, 2.05) is 0 Å². The summed E-state index contributed by atoms with van der Waals surface area (Å²) >= 11 is 4.79. The van der Waals surface area contributed by atoms with Gasteiger partial charge in [0.1, 0.15) is 10.8 Å². The lowest BCUT2D eigenvalue weighted by Crippen LogP contribution is -2.19. The number of carbonyl (C=O) groups is 1. The highest BCUT2D eigenvalue weighted by Gasteiger charge is 2.19. The summed E-state index contributed by atoms with van der Waals surface area (Å²) in [5.74, 6) is -0.686. The van der Waals surface area contributed by atoms with E-state index in [0.29, 0.717) is 11.6 Å². The highest BCUT2D eigenvalue weighted by molar-refractivity contribution is 7.80. The van der Waals surface area contributed by atoms with E-state index in [2.05, 4.69) is 10.3 Å². The van der Waals surface area contributed by atoms with Gasteiger partial charge in [0.05, 0.1) is 16.9 Å². The Morgan fingerprint density at radius 2 is 2.15 bits per heavy atom. The first-order chi connectivity index (χ1) is 9.40. The fourth-order valence-corrected chi connectivity index (χ4v) is 2.01. The minimum Gasteiger partial charge on any atom is -0.436 e. The number of hydrogen-bond donors (Lipinski definition) is 2. The number of halogens is 1. The second-order valence-electron chi connectivity index (χ2n) is 4.13. The van der Waals surface area contributed by atoms with Crippen LogP contribution in [0, 0.1) is 19.7 Å². The third-order valence-corrected chi connectivity index (χ3v) is 2.82. The molecule has 0 saturated carbocycles. The molecule has 5 nitrogen and oxygen atoms in total. The van der Waals surface area contributed by atoms with Gasteiger partial charge in [0.25, 0.3) is 5.91 Å². The van der Waals surface area contributed by atoms with Crippen LogP contribution >= 0.6 is 12.2 Å². The Morgan fingerprint density at radius 1 is 1.45 bits per heavy atom. The van der Waals surface area contributed by atoms with Crippen molar-refractivity contribution in [2.24, 2.45) is 5.73 Å². The van der Waals surface area contributed by atoms with Gasteiger partial charge < -0.3 is 15.5 Å². The van der Waals surface area contributed by atoms with Gasteiger partial charge in [-0.3, -0.25) is 4.79 Å². The summed E-state index contributed by atoms with van der Waals surface area (Å²) in [6, 6.07) is 4.17. The van der Waals surface area contributed by atoms with Gasteiger partial charge in [-0.05, 0) is 19.1 Å². The van der Waals surface area contributed by atoms with Gasteiger partial charge in [-0.15, -0.1) is 0 Å². The van der Waals surface area contributed by atoms with Crippen molar-refractivity contribution < 1.29 is 13.6 Å². The molecule has 2 aromatic rings. The molecule has 0 aliphatic heterocycles. The number of oxazole rings is 1. The Hall–Kier alpha value is -2.28. The van der Waals surface area contributed by atoms with Crippen molar-refractivity contribution in [2.75, 3.05) is 5.32 Å². The maximum absolute atomic E-state index is 13.7. The highest BCUT2D eigenvalue weighted by Crippen LogP contribution is 2.20. The second kappa shape index (κ2) is 5.38. The molecule has 0 spiro atoms. The van der Waals surface area contributed by atoms with Crippen molar-refractivity contribution in [3.8, 4) is 0 Å². The molecular weight excluding hydrogens is 281 g/mol. The number of nitrogens with zero attached hydrogens (tertiary/aromatic N) is 1. The molecule has 0 bridgehead atoms. The van der Waals surface area contributed by atoms with Gasteiger partial charge in [-0.1, -0.05) is 18.3 Å². The Morgan fingerprint density at radius 3 is 2.70 bits per heavy atom. The first-order valence-corrected chi connectivity index (χ1v) is 6.14. The molecule has 0 aliphatic rings. The molecule has 1 aromatic carbocycles. The molecule has 3 N–H and O–H groups in total. The second-order valence-corrected chi connectivity index (χ2v) is 4.57. The molecule has 1 aromatic heterocycles. The average Bonchev–Trinajstić information content (AvgIpc) is 2.68. The van der Waals surface area contributed by atoms with Crippen LogP contribution in [-0.2, 0) is 0 Å². The zero-order chi connectivity index (χ0) is 14.9. The molecule has 2 rings (SSSR count). The van der Waals surface area contributed by atoms with Crippen LogP contribution in [-0.4, -0.2) is 15.9 Å². The summed E-state index contributed by atoms with van der Waals surface area (Å²) in [6.07, 6.45) is 0. The fraction of sp³-hybridized carbons (Fsp3) is 0.154. The Bertz CT molecular complexity index is 697. The van der Waals surface area contributed by atoms with Crippen LogP contribution < -0.4 is 11.1 Å². The van der Waals surface area contributed by atoms with Crippen molar-refractivity contribution in [2.45, 2.75) is 13.8 Å². The van der Waals surface area contributed by atoms with Crippen LogP contribution in [0.1, 0.15) is 27.7 Å². The monoisotopic (exact) mass is 293 g/mol. The molecule has 0 radical (unpaired) electrons. The molecule has 20 heavy (non-hydrogen) atoms. The molecule has 0 atom stereocenters. The summed E-state index contributed by atoms with van der Waals surface area (Å²) < 4.78 is 18.9. The largest absolute Gasteiger partial charge is 0.436 e. The molecule has 1 amide bonds. The Balaban J connectivity index is 2.36. The van der Waals surface area contributed by atoms with Crippen molar-refractivity contribution >= 4 is 28.8 Å². The van der Waals surface area contributed by atoms with Gasteiger partial charge in [0.15, 0.2) is 5.89 Å². The fourth-order valence-electron chi connectivity index (χ4n) is 1.80. The van der Waals surface area contributed by atoms with E-state index in [9.17, 15) is 9.18 Å². The summed E-state index contributed by atoms with van der Waals surface area (Å²) in [6.45, 7) is 3.28. The van der Waals surface area contributed by atoms with Gasteiger partial charge in [0.2, 0.25) is 5.76 Å². The lowest BCUT2D eigenvalue weighted by atomic mass is 10.1. The molecule has 0 unspecified atom stereocenters. The topological polar surface area (TPSA) is 81.2 Å². The molecule has 7 heteroatoms. The van der Waals surface area contributed by atoms with Gasteiger partial charge in [0, 0.05) is 6.92 Å². The van der Waals surface area contributed by atoms with E-state index < -0.39 is 11.7 Å². The predicted molar refractivity (Wildman–Crippen MR) is 76.2 cm³/mol. The minimum atomic E-state index is -0.597. The number of aryl methyl sites for hydroxylation is 2. The zero-order valence-electron chi connectivity index (χ0n) is 10.9. The van der Waals surface area contributed by atoms with Crippen LogP contribution in [0.15, 0.2) is 22.6 Å². The van der Waals surface area contributed by atoms with Gasteiger partial charge in [-0.25, -0.2) is 9.37 Å². The number of nitrogens with one attached hydrogen (secondary N) is 1. The van der Waals surface area contributed by atoms with Gasteiger partial charge >= 0.3 is 0 Å². The van der Waals surface area contributed by atoms with Crippen molar-refractivity contribution in [3.05, 3.63) is 46.9 Å². The number of hydrogen-bond acceptors (Lipinski definition) is 4. The lowest BCUT2D eigenvalue weighted by Gasteiger charge is -2.10. The summed E-state index contributed by atoms with van der Waals surface area (Å²) in [4.78, 5) is 15.9. The maximum Gasteiger partial charge on any atom is 0.293 e. The molecule has 0 fully saturated rings. The first kappa shape index (κ1) is 14.1. The van der Waals surface area contributed by atoms with E-state index in [1.54, 1.807) is 13.8 Å². The summed E-state index contributed by atoms with van der Waals surface area (Å²) in [5.41, 5.74) is 6.10. The SMILES string of the molecule is Cc1nc(C)c(C(=O)Nc2cccc(F)c2C(N)=S)o1. The summed E-state index contributed by atoms with van der Waals surface area (Å²) in [7, 11) is 0. The molecule has 104 valence electrons. The Kier molecular flexibility index (Phi) is 3.80. The van der Waals surface area contributed by atoms with Crippen LogP contribution in [0.4, 0.5) is 10.1 Å². The first-order valence-electron chi connectivity index (χ1n) is 5.74. The number of thiocarbonyl (C=S) groups is 1. The number of rotatable bonds is 3. The molecule has 0 aliphatic carbocycles. The number of aromatic nitrogens is 1. The normalized spacial score (nSPS) is 10.3. The molecule has 1 heterocycles. The summed E-state index contributed by atoms with van der Waals surface area (Å²) in [5, 5.41) is 2.52. The Labute approximate surface area is 120 Å². The average molecular weight is 293 g/mol. The van der Waals surface area contributed by atoms with Gasteiger partial charge in [-0.2, -0.15) is 0 Å². The number of amides is 1. The maximum atomic E-state index is 13.7. The minimum absolute atomic E-state index is 0.00950. The molecular formula is C13H12FN3O2S. The zero-order valence-corrected chi connectivity index (χ0v) is 11.7. The van der Waals surface area contributed by atoms with E-state index in [0.717, 1.165) is 0 Å². The number of carbonyl (C=O) groups excluding carboxylic acids is 1. The predicted octanol–water partition coefficient (Wildman–Crippen LogP) is 2.32. The quantitative estimate of drug-likeness (QED) is 0.849. The lowest BCUT2D eigenvalue weighted by molar-refractivity contribution is 0.0994. The van der Waals surface area contributed by atoms with E-state index >= 15 is 0 Å². The number of nitrogens with two attached hydrogens (primary N) is 1. The van der Waals surface area contributed by atoms with Crippen LogP contribution in [0.2, 0.25) is 0 Å². The number of benzene rings is 1. The standard InChI is InChI=1S/C13H12FN3O2S/c1-6-11(19-7(2)16-6)13(18)17-9-5-3-4-8(14)10(9)12(15)20/h3-5H,1-2H3,(H2,15,20)(H,17,18). The molecule has 0 saturated heterocycles. The number of anilines is 1. The van der Waals surface area contributed by atoms with E-state index in [-0.39, 0.29) is 22.0 Å². The van der Waals surface area contributed by atoms with E-state index in [4.69, 9.17) is 22.4 Å². The van der Waals surface area contributed by atoms with Crippen molar-refractivity contribution in [1.29, 1.82) is 0 Å². The third-order valence-electron chi connectivity index (χ3n) is 2.62. The van der Waals surface area contributed by atoms with Crippen molar-refractivity contribution in [1.82, 2.24) is 4.98 Å². The van der Waals surface area contributed by atoms with Crippen LogP contribution in [0.5, 0.6) is 0 Å².